The summed E-state index contributed by atoms with van der Waals surface area (Å²) in [6.07, 6.45) is -1.10. The third kappa shape index (κ3) is 6.49. The first kappa shape index (κ1) is 20.6. The largest absolute Gasteiger partial charge is 0.480 e. The summed E-state index contributed by atoms with van der Waals surface area (Å²) in [6, 6.07) is 4.81. The summed E-state index contributed by atoms with van der Waals surface area (Å²) in [5.41, 5.74) is 6.15. The highest BCUT2D eigenvalue weighted by Gasteiger charge is 2.28. The number of carboxylic acids is 1. The van der Waals surface area contributed by atoms with Crippen LogP contribution in [0.2, 0.25) is 0 Å². The Labute approximate surface area is 144 Å². The van der Waals surface area contributed by atoms with Gasteiger partial charge in [0.05, 0.1) is 12.7 Å². The molecule has 0 spiro atoms. The van der Waals surface area contributed by atoms with Gasteiger partial charge in [-0.25, -0.2) is 4.79 Å². The molecule has 0 aliphatic rings. The molecule has 0 saturated carbocycles. The lowest BCUT2D eigenvalue weighted by molar-refractivity contribution is -0.142. The fraction of sp³-hybridized carbons (Fsp3) is 0.438. The maximum atomic E-state index is 12.2. The third-order valence-electron chi connectivity index (χ3n) is 3.54. The monoisotopic (exact) mass is 353 g/mol. The lowest BCUT2D eigenvalue weighted by atomic mass is 10.1. The molecule has 4 atom stereocenters. The van der Waals surface area contributed by atoms with E-state index in [0.717, 1.165) is 0 Å². The second kappa shape index (κ2) is 9.72. The van der Waals surface area contributed by atoms with Crippen molar-refractivity contribution >= 4 is 17.8 Å². The molecule has 0 saturated heterocycles. The van der Waals surface area contributed by atoms with Gasteiger partial charge >= 0.3 is 5.97 Å². The van der Waals surface area contributed by atoms with Gasteiger partial charge in [-0.2, -0.15) is 0 Å². The van der Waals surface area contributed by atoms with E-state index in [0.29, 0.717) is 5.56 Å². The Morgan fingerprint density at radius 1 is 1.08 bits per heavy atom. The molecule has 9 nitrogen and oxygen atoms in total. The van der Waals surface area contributed by atoms with Gasteiger partial charge in [0.15, 0.2) is 0 Å². The zero-order valence-corrected chi connectivity index (χ0v) is 13.8. The summed E-state index contributed by atoms with van der Waals surface area (Å²) < 4.78 is 0. The second-order valence-corrected chi connectivity index (χ2v) is 5.60. The van der Waals surface area contributed by atoms with Gasteiger partial charge in [0.25, 0.3) is 0 Å². The zero-order chi connectivity index (χ0) is 19.0. The van der Waals surface area contributed by atoms with Crippen molar-refractivity contribution in [3.8, 4) is 0 Å². The Hall–Kier alpha value is -2.49. The Kier molecular flexibility index (Phi) is 7.99. The van der Waals surface area contributed by atoms with Crippen LogP contribution in [0.25, 0.3) is 0 Å². The van der Waals surface area contributed by atoms with Crippen LogP contribution >= 0.6 is 0 Å². The fourth-order valence-corrected chi connectivity index (χ4v) is 2.00. The number of nitrogens with two attached hydrogens (primary N) is 1. The van der Waals surface area contributed by atoms with Crippen molar-refractivity contribution in [1.29, 1.82) is 0 Å². The predicted molar refractivity (Wildman–Crippen MR) is 88.4 cm³/mol. The second-order valence-electron chi connectivity index (χ2n) is 5.60. The lowest BCUT2D eigenvalue weighted by Gasteiger charge is -2.22. The number of aliphatic carboxylic acids is 1. The third-order valence-corrected chi connectivity index (χ3v) is 3.54. The first-order chi connectivity index (χ1) is 11.8. The highest BCUT2D eigenvalue weighted by molar-refractivity contribution is 5.92. The molecule has 1 rings (SSSR count). The number of hydrogen-bond acceptors (Lipinski definition) is 6. The normalized spacial score (nSPS) is 15.5. The minimum absolute atomic E-state index is 0.0429. The fourth-order valence-electron chi connectivity index (χ4n) is 2.00. The number of carbonyl (C=O) groups excluding carboxylic acids is 2. The molecule has 9 heteroatoms. The van der Waals surface area contributed by atoms with Gasteiger partial charge in [-0.1, -0.05) is 30.3 Å². The minimum Gasteiger partial charge on any atom is -0.480 e. The summed E-state index contributed by atoms with van der Waals surface area (Å²) in [6.45, 7) is 0.556. The minimum atomic E-state index is -1.38. The van der Waals surface area contributed by atoms with Gasteiger partial charge in [-0.3, -0.25) is 9.59 Å². The molecule has 1 aromatic carbocycles. The number of amides is 2. The van der Waals surface area contributed by atoms with Crippen molar-refractivity contribution in [3.05, 3.63) is 35.9 Å². The average molecular weight is 353 g/mol. The molecular weight excluding hydrogens is 330 g/mol. The van der Waals surface area contributed by atoms with Gasteiger partial charge in [-0.15, -0.1) is 0 Å². The number of hydrogen-bond donors (Lipinski definition) is 6. The van der Waals surface area contributed by atoms with Crippen molar-refractivity contribution < 1.29 is 29.7 Å². The average Bonchev–Trinajstić information content (AvgIpc) is 2.58. The van der Waals surface area contributed by atoms with Gasteiger partial charge in [0, 0.05) is 6.42 Å². The van der Waals surface area contributed by atoms with E-state index in [1.165, 1.54) is 6.92 Å². The summed E-state index contributed by atoms with van der Waals surface area (Å²) in [7, 11) is 0. The van der Waals surface area contributed by atoms with Crippen LogP contribution in [0.4, 0.5) is 0 Å². The molecule has 0 heterocycles. The van der Waals surface area contributed by atoms with E-state index in [2.05, 4.69) is 10.6 Å². The van der Waals surface area contributed by atoms with E-state index in [4.69, 9.17) is 5.73 Å². The van der Waals surface area contributed by atoms with Crippen LogP contribution in [-0.2, 0) is 20.8 Å². The number of rotatable bonds is 9. The van der Waals surface area contributed by atoms with Crippen LogP contribution in [-0.4, -0.2) is 63.9 Å². The molecular formula is C16H23N3O6. The number of aliphatic hydroxyl groups excluding tert-OH is 2. The van der Waals surface area contributed by atoms with E-state index in [1.807, 2.05) is 0 Å². The van der Waals surface area contributed by atoms with Crippen LogP contribution in [0.15, 0.2) is 30.3 Å². The van der Waals surface area contributed by atoms with E-state index in [9.17, 15) is 29.7 Å². The highest BCUT2D eigenvalue weighted by Crippen LogP contribution is 2.04. The molecule has 0 fully saturated rings. The Bertz CT molecular complexity index is 593. The van der Waals surface area contributed by atoms with Gasteiger partial charge in [0.2, 0.25) is 11.8 Å². The van der Waals surface area contributed by atoms with E-state index >= 15 is 0 Å². The summed E-state index contributed by atoms with van der Waals surface area (Å²) in [5.74, 6) is -2.95. The topological polar surface area (TPSA) is 162 Å². The molecule has 0 unspecified atom stereocenters. The molecule has 0 aliphatic carbocycles. The Balaban J connectivity index is 2.73. The maximum absolute atomic E-state index is 12.2. The van der Waals surface area contributed by atoms with Crippen molar-refractivity contribution in [1.82, 2.24) is 10.6 Å². The number of benzene rings is 1. The van der Waals surface area contributed by atoms with Crippen LogP contribution in [0.5, 0.6) is 0 Å². The van der Waals surface area contributed by atoms with Crippen LogP contribution in [0.1, 0.15) is 12.5 Å². The molecule has 2 amide bonds. The Morgan fingerprint density at radius 3 is 2.12 bits per heavy atom. The van der Waals surface area contributed by atoms with Crippen LogP contribution in [0, 0.1) is 0 Å². The molecule has 138 valence electrons. The van der Waals surface area contributed by atoms with Crippen LogP contribution < -0.4 is 16.4 Å². The lowest BCUT2D eigenvalue weighted by Crippen LogP contribution is -2.57. The number of aliphatic hydroxyl groups is 2. The standard InChI is InChI=1S/C16H23N3O6/c1-9(21)13(17)15(23)19-12(8-20)14(22)18-11(16(24)25)7-10-5-3-2-4-6-10/h2-6,9,11-13,20-21H,7-8,17H2,1H3,(H,18,22)(H,19,23)(H,24,25)/t9-,11+,12+,13+/m1/s1. The molecule has 0 radical (unpaired) electrons. The number of carboxylic acid groups (broad SMARTS) is 1. The van der Waals surface area contributed by atoms with Crippen molar-refractivity contribution in [2.75, 3.05) is 6.61 Å². The van der Waals surface area contributed by atoms with Crippen molar-refractivity contribution in [2.45, 2.75) is 37.6 Å². The zero-order valence-electron chi connectivity index (χ0n) is 13.8. The quantitative estimate of drug-likeness (QED) is 0.299. The predicted octanol–water partition coefficient (Wildman–Crippen LogP) is -2.02. The molecule has 1 aromatic rings. The molecule has 7 N–H and O–H groups in total. The molecule has 0 bridgehead atoms. The SMILES string of the molecule is C[C@@H](O)[C@H](N)C(=O)N[C@@H](CO)C(=O)N[C@@H](Cc1ccccc1)C(=O)O. The van der Waals surface area contributed by atoms with E-state index in [1.54, 1.807) is 30.3 Å². The van der Waals surface area contributed by atoms with Gasteiger partial charge in [0.1, 0.15) is 18.1 Å². The maximum Gasteiger partial charge on any atom is 0.326 e. The van der Waals surface area contributed by atoms with Crippen molar-refractivity contribution in [3.63, 3.8) is 0 Å². The van der Waals surface area contributed by atoms with Crippen LogP contribution in [0.3, 0.4) is 0 Å². The summed E-state index contributed by atoms with van der Waals surface area (Å²) in [5, 5.41) is 32.3. The highest BCUT2D eigenvalue weighted by atomic mass is 16.4. The first-order valence-electron chi connectivity index (χ1n) is 7.68. The number of nitrogens with one attached hydrogen (secondary N) is 2. The van der Waals surface area contributed by atoms with E-state index < -0.39 is 48.6 Å². The summed E-state index contributed by atoms with van der Waals surface area (Å²) >= 11 is 0. The molecule has 25 heavy (non-hydrogen) atoms. The van der Waals surface area contributed by atoms with Gasteiger partial charge < -0.3 is 31.7 Å². The van der Waals surface area contributed by atoms with E-state index in [-0.39, 0.29) is 6.42 Å². The molecule has 0 aromatic heterocycles. The number of carbonyl (C=O) groups is 3. The Morgan fingerprint density at radius 2 is 1.64 bits per heavy atom. The molecule has 0 aliphatic heterocycles. The van der Waals surface area contributed by atoms with Crippen molar-refractivity contribution in [2.24, 2.45) is 5.73 Å². The first-order valence-corrected chi connectivity index (χ1v) is 7.68. The summed E-state index contributed by atoms with van der Waals surface area (Å²) in [4.78, 5) is 35.3. The van der Waals surface area contributed by atoms with Gasteiger partial charge in [-0.05, 0) is 12.5 Å². The smallest absolute Gasteiger partial charge is 0.326 e.